The monoisotopic (exact) mass is 350 g/mol. The Morgan fingerprint density at radius 2 is 1.96 bits per heavy atom. The molecule has 0 radical (unpaired) electrons. The lowest BCUT2D eigenvalue weighted by atomic mass is 10.2. The Kier molecular flexibility index (Phi) is 4.80. The van der Waals surface area contributed by atoms with E-state index in [0.717, 1.165) is 17.2 Å². The van der Waals surface area contributed by atoms with Gasteiger partial charge in [0, 0.05) is 5.69 Å². The Morgan fingerprint density at radius 1 is 1.17 bits per heavy atom. The first-order valence-electron chi connectivity index (χ1n) is 6.92. The molecular weight excluding hydrogens is 338 g/mol. The van der Waals surface area contributed by atoms with Crippen LogP contribution in [-0.4, -0.2) is 27.8 Å². The molecule has 1 amide bonds. The number of nitrogens with one attached hydrogen (secondary N) is 2. The Hall–Kier alpha value is -2.81. The zero-order valence-corrected chi connectivity index (χ0v) is 13.0. The number of fused-ring (bicyclic) bond motifs is 1. The van der Waals surface area contributed by atoms with E-state index in [2.05, 4.69) is 24.1 Å². The average molecular weight is 350 g/mol. The van der Waals surface area contributed by atoms with Crippen molar-refractivity contribution >= 4 is 40.0 Å². The molecule has 0 atom stereocenters. The number of carbonyl (C=O) groups is 1. The molecule has 9 heteroatoms. The first kappa shape index (κ1) is 16.1. The predicted octanol–water partition coefficient (Wildman–Crippen LogP) is 3.34. The SMILES string of the molecule is O=C(CNc1ccc(OC(F)F)cc1)Nc1cccc2nsnc12. The van der Waals surface area contributed by atoms with Gasteiger partial charge in [0.05, 0.1) is 24.0 Å². The molecule has 3 aromatic rings. The molecule has 6 nitrogen and oxygen atoms in total. The molecule has 0 bridgehead atoms. The van der Waals surface area contributed by atoms with Crippen molar-refractivity contribution in [2.45, 2.75) is 6.61 Å². The summed E-state index contributed by atoms with van der Waals surface area (Å²) in [5.74, 6) is -0.203. The Labute approximate surface area is 139 Å². The number of carbonyl (C=O) groups excluding carboxylic acids is 1. The quantitative estimate of drug-likeness (QED) is 0.713. The van der Waals surface area contributed by atoms with Gasteiger partial charge in [0.15, 0.2) is 0 Å². The molecule has 0 unspecified atom stereocenters. The van der Waals surface area contributed by atoms with Gasteiger partial charge >= 0.3 is 6.61 Å². The van der Waals surface area contributed by atoms with Crippen LogP contribution in [0.15, 0.2) is 42.5 Å². The number of hydrogen-bond donors (Lipinski definition) is 2. The molecule has 2 N–H and O–H groups in total. The van der Waals surface area contributed by atoms with Gasteiger partial charge in [-0.15, -0.1) is 0 Å². The fraction of sp³-hybridized carbons (Fsp3) is 0.133. The molecule has 2 aromatic carbocycles. The highest BCUT2D eigenvalue weighted by molar-refractivity contribution is 7.00. The highest BCUT2D eigenvalue weighted by Gasteiger charge is 2.09. The maximum atomic E-state index is 12.1. The molecule has 1 heterocycles. The van der Waals surface area contributed by atoms with Crippen molar-refractivity contribution in [3.63, 3.8) is 0 Å². The number of nitrogens with zero attached hydrogens (tertiary/aromatic N) is 2. The highest BCUT2D eigenvalue weighted by atomic mass is 32.1. The summed E-state index contributed by atoms with van der Waals surface area (Å²) in [5, 5.41) is 5.66. The van der Waals surface area contributed by atoms with E-state index in [4.69, 9.17) is 0 Å². The molecule has 0 aliphatic rings. The van der Waals surface area contributed by atoms with Crippen LogP contribution in [0, 0.1) is 0 Å². The number of amides is 1. The third-order valence-corrected chi connectivity index (χ3v) is 3.64. The first-order chi connectivity index (χ1) is 11.6. The fourth-order valence-electron chi connectivity index (χ4n) is 2.04. The molecule has 24 heavy (non-hydrogen) atoms. The summed E-state index contributed by atoms with van der Waals surface area (Å²) < 4.78 is 36.6. The molecule has 0 saturated heterocycles. The third kappa shape index (κ3) is 3.93. The van der Waals surface area contributed by atoms with Crippen LogP contribution in [0.25, 0.3) is 11.0 Å². The molecular formula is C15H12F2N4O2S. The summed E-state index contributed by atoms with van der Waals surface area (Å²) in [7, 11) is 0. The number of halogens is 2. The van der Waals surface area contributed by atoms with E-state index in [1.165, 1.54) is 12.1 Å². The third-order valence-electron chi connectivity index (χ3n) is 3.09. The second kappa shape index (κ2) is 7.18. The molecule has 124 valence electrons. The van der Waals surface area contributed by atoms with Crippen molar-refractivity contribution in [3.05, 3.63) is 42.5 Å². The van der Waals surface area contributed by atoms with Crippen LogP contribution in [0.5, 0.6) is 5.75 Å². The number of benzene rings is 2. The normalized spacial score (nSPS) is 10.8. The van der Waals surface area contributed by atoms with Crippen LogP contribution < -0.4 is 15.4 Å². The predicted molar refractivity (Wildman–Crippen MR) is 87.6 cm³/mol. The molecule has 0 spiro atoms. The number of rotatable bonds is 6. The number of alkyl halides is 2. The molecule has 0 aliphatic carbocycles. The van der Waals surface area contributed by atoms with E-state index in [9.17, 15) is 13.6 Å². The topological polar surface area (TPSA) is 76.1 Å². The first-order valence-corrected chi connectivity index (χ1v) is 7.65. The smallest absolute Gasteiger partial charge is 0.387 e. The Bertz CT molecular complexity index is 839. The lowest BCUT2D eigenvalue weighted by Crippen LogP contribution is -2.21. The van der Waals surface area contributed by atoms with Gasteiger partial charge in [-0.1, -0.05) is 6.07 Å². The van der Waals surface area contributed by atoms with Crippen LogP contribution in [0.4, 0.5) is 20.2 Å². The van der Waals surface area contributed by atoms with E-state index in [1.807, 2.05) is 6.07 Å². The van der Waals surface area contributed by atoms with Gasteiger partial charge in [0.1, 0.15) is 16.8 Å². The van der Waals surface area contributed by atoms with Crippen LogP contribution in [0.3, 0.4) is 0 Å². The second-order valence-corrected chi connectivity index (χ2v) is 5.27. The van der Waals surface area contributed by atoms with E-state index >= 15 is 0 Å². The highest BCUT2D eigenvalue weighted by Crippen LogP contribution is 2.21. The van der Waals surface area contributed by atoms with Gasteiger partial charge in [-0.3, -0.25) is 4.79 Å². The Balaban J connectivity index is 1.56. The summed E-state index contributed by atoms with van der Waals surface area (Å²) in [6, 6.07) is 11.2. The van der Waals surface area contributed by atoms with Crippen LogP contribution in [-0.2, 0) is 4.79 Å². The number of hydrogen-bond acceptors (Lipinski definition) is 6. The minimum Gasteiger partial charge on any atom is -0.435 e. The van der Waals surface area contributed by atoms with Crippen molar-refractivity contribution in [1.29, 1.82) is 0 Å². The van der Waals surface area contributed by atoms with Crippen molar-refractivity contribution in [2.75, 3.05) is 17.2 Å². The minimum atomic E-state index is -2.86. The molecule has 0 saturated carbocycles. The maximum absolute atomic E-state index is 12.1. The average Bonchev–Trinajstić information content (AvgIpc) is 3.03. The van der Waals surface area contributed by atoms with Gasteiger partial charge in [0.2, 0.25) is 5.91 Å². The van der Waals surface area contributed by atoms with Gasteiger partial charge in [-0.2, -0.15) is 17.5 Å². The Morgan fingerprint density at radius 3 is 2.71 bits per heavy atom. The standard InChI is InChI=1S/C15H12F2N4O2S/c16-15(17)23-10-6-4-9(5-7-10)18-8-13(22)19-11-2-1-3-12-14(11)21-24-20-12/h1-7,15,18H,8H2,(H,19,22). The lowest BCUT2D eigenvalue weighted by molar-refractivity contribution is -0.114. The van der Waals surface area contributed by atoms with Crippen molar-refractivity contribution in [3.8, 4) is 5.75 Å². The van der Waals surface area contributed by atoms with Gasteiger partial charge in [0.25, 0.3) is 0 Å². The molecule has 3 rings (SSSR count). The summed E-state index contributed by atoms with van der Waals surface area (Å²) in [4.78, 5) is 12.0. The van der Waals surface area contributed by atoms with Gasteiger partial charge in [-0.05, 0) is 36.4 Å². The van der Waals surface area contributed by atoms with Gasteiger partial charge in [-0.25, -0.2) is 0 Å². The molecule has 0 fully saturated rings. The lowest BCUT2D eigenvalue weighted by Gasteiger charge is -2.09. The number of anilines is 2. The van der Waals surface area contributed by atoms with Crippen molar-refractivity contribution < 1.29 is 18.3 Å². The summed E-state index contributed by atoms with van der Waals surface area (Å²) in [6.45, 7) is -2.85. The molecule has 0 aliphatic heterocycles. The zero-order valence-electron chi connectivity index (χ0n) is 12.2. The van der Waals surface area contributed by atoms with E-state index in [-0.39, 0.29) is 18.2 Å². The van der Waals surface area contributed by atoms with E-state index < -0.39 is 6.61 Å². The van der Waals surface area contributed by atoms with E-state index in [1.54, 1.807) is 24.3 Å². The van der Waals surface area contributed by atoms with Crippen LogP contribution in [0.1, 0.15) is 0 Å². The summed E-state index contributed by atoms with van der Waals surface area (Å²) in [5.41, 5.74) is 2.57. The van der Waals surface area contributed by atoms with Crippen molar-refractivity contribution in [2.24, 2.45) is 0 Å². The largest absolute Gasteiger partial charge is 0.435 e. The number of ether oxygens (including phenoxy) is 1. The zero-order chi connectivity index (χ0) is 16.9. The summed E-state index contributed by atoms with van der Waals surface area (Å²) >= 11 is 1.08. The minimum absolute atomic E-state index is 0.0169. The maximum Gasteiger partial charge on any atom is 0.387 e. The van der Waals surface area contributed by atoms with Crippen LogP contribution in [0.2, 0.25) is 0 Å². The summed E-state index contributed by atoms with van der Waals surface area (Å²) in [6.07, 6.45) is 0. The number of aromatic nitrogens is 2. The molecule has 1 aromatic heterocycles. The van der Waals surface area contributed by atoms with Gasteiger partial charge < -0.3 is 15.4 Å². The second-order valence-electron chi connectivity index (χ2n) is 4.74. The van der Waals surface area contributed by atoms with E-state index in [0.29, 0.717) is 16.9 Å². The van der Waals surface area contributed by atoms with Crippen molar-refractivity contribution in [1.82, 2.24) is 8.75 Å². The van der Waals surface area contributed by atoms with Crippen LogP contribution >= 0.6 is 11.7 Å². The fourth-order valence-corrected chi connectivity index (χ4v) is 2.59.